The lowest BCUT2D eigenvalue weighted by Gasteiger charge is -2.37. The summed E-state index contributed by atoms with van der Waals surface area (Å²) in [5, 5.41) is 23.3. The minimum Gasteiger partial charge on any atom is -0.502 e. The monoisotopic (exact) mass is 315 g/mol. The molecule has 0 radical (unpaired) electrons. The number of nitrogens with zero attached hydrogens (tertiary/aromatic N) is 2. The number of nitro benzene ring substituents is 1. The average Bonchev–Trinajstić information content (AvgIpc) is 2.36. The first-order chi connectivity index (χ1) is 9.87. The highest BCUT2D eigenvalue weighted by Crippen LogP contribution is 2.30. The van der Waals surface area contributed by atoms with Gasteiger partial charge in [0.25, 0.3) is 0 Å². The van der Waals surface area contributed by atoms with E-state index in [9.17, 15) is 23.6 Å². The second-order valence-electron chi connectivity index (χ2n) is 4.84. The number of aromatic hydroxyl groups is 1. The van der Waals surface area contributed by atoms with Crippen molar-refractivity contribution in [1.29, 1.82) is 0 Å². The van der Waals surface area contributed by atoms with E-state index < -0.39 is 26.4 Å². The number of hydrogen-bond donors (Lipinski definition) is 2. The van der Waals surface area contributed by atoms with Gasteiger partial charge in [-0.2, -0.15) is 4.31 Å². The molecule has 0 atom stereocenters. The first-order valence-corrected chi connectivity index (χ1v) is 8.02. The normalized spacial score (nSPS) is 15.9. The van der Waals surface area contributed by atoms with E-state index >= 15 is 0 Å². The molecular weight excluding hydrogens is 298 g/mol. The zero-order valence-electron chi connectivity index (χ0n) is 11.5. The lowest BCUT2D eigenvalue weighted by molar-refractivity contribution is -0.386. The van der Waals surface area contributed by atoms with E-state index in [0.29, 0.717) is 26.1 Å². The number of hydrogen-bond acceptors (Lipinski definition) is 6. The lowest BCUT2D eigenvalue weighted by atomic mass is 10.2. The molecule has 0 aliphatic carbocycles. The summed E-state index contributed by atoms with van der Waals surface area (Å²) in [5.41, 5.74) is -0.612. The molecule has 1 aliphatic heterocycles. The number of benzene rings is 1. The Bertz CT molecular complexity index is 642. The van der Waals surface area contributed by atoms with E-state index in [1.54, 1.807) is 0 Å². The van der Waals surface area contributed by atoms with Crippen molar-refractivity contribution in [2.75, 3.05) is 19.6 Å². The van der Waals surface area contributed by atoms with Gasteiger partial charge >= 0.3 is 5.69 Å². The predicted octanol–water partition coefficient (Wildman–Crippen LogP) is 0.673. The molecule has 1 saturated heterocycles. The highest BCUT2D eigenvalue weighted by atomic mass is 32.2. The van der Waals surface area contributed by atoms with Crippen molar-refractivity contribution in [2.24, 2.45) is 0 Å². The number of nitrogens with one attached hydrogen (secondary N) is 1. The van der Waals surface area contributed by atoms with Crippen LogP contribution in [0, 0.1) is 10.1 Å². The molecule has 2 N–H and O–H groups in total. The maximum absolute atomic E-state index is 12.6. The minimum atomic E-state index is -3.82. The molecule has 2 rings (SSSR count). The summed E-state index contributed by atoms with van der Waals surface area (Å²) in [4.78, 5) is 9.85. The van der Waals surface area contributed by atoms with Crippen molar-refractivity contribution in [2.45, 2.75) is 24.3 Å². The van der Waals surface area contributed by atoms with Gasteiger partial charge in [0, 0.05) is 25.7 Å². The van der Waals surface area contributed by atoms with E-state index in [1.165, 1.54) is 10.4 Å². The van der Waals surface area contributed by atoms with E-state index in [1.807, 2.05) is 6.92 Å². The van der Waals surface area contributed by atoms with Crippen LogP contribution in [0.15, 0.2) is 23.1 Å². The molecule has 0 saturated carbocycles. The smallest absolute Gasteiger partial charge is 0.312 e. The van der Waals surface area contributed by atoms with Crippen LogP contribution in [-0.2, 0) is 10.0 Å². The quantitative estimate of drug-likeness (QED) is 0.589. The summed E-state index contributed by atoms with van der Waals surface area (Å²) in [6.45, 7) is 3.36. The zero-order valence-corrected chi connectivity index (χ0v) is 12.3. The summed E-state index contributed by atoms with van der Waals surface area (Å²) in [5.74, 6) is -0.550. The van der Waals surface area contributed by atoms with Gasteiger partial charge in [-0.05, 0) is 18.6 Å². The first-order valence-electron chi connectivity index (χ1n) is 6.58. The fourth-order valence-electron chi connectivity index (χ4n) is 2.14. The third-order valence-corrected chi connectivity index (χ3v) is 5.31. The Balaban J connectivity index is 2.41. The van der Waals surface area contributed by atoms with Crippen molar-refractivity contribution in [1.82, 2.24) is 9.62 Å². The Morgan fingerprint density at radius 1 is 1.48 bits per heavy atom. The molecule has 21 heavy (non-hydrogen) atoms. The number of phenolic OH excluding ortho intramolecular Hbond substituents is 1. The second kappa shape index (κ2) is 5.96. The molecule has 0 unspecified atom stereocenters. The van der Waals surface area contributed by atoms with Gasteiger partial charge in [-0.1, -0.05) is 6.92 Å². The van der Waals surface area contributed by atoms with Crippen molar-refractivity contribution < 1.29 is 18.4 Å². The molecule has 9 heteroatoms. The molecule has 0 bridgehead atoms. The summed E-state index contributed by atoms with van der Waals surface area (Å²) in [6.07, 6.45) is 0.649. The molecule has 1 aromatic carbocycles. The highest BCUT2D eigenvalue weighted by molar-refractivity contribution is 7.89. The van der Waals surface area contributed by atoms with Gasteiger partial charge in [0.05, 0.1) is 15.9 Å². The number of nitro groups is 1. The van der Waals surface area contributed by atoms with Crippen LogP contribution in [0.2, 0.25) is 0 Å². The Morgan fingerprint density at radius 3 is 2.62 bits per heavy atom. The number of rotatable bonds is 6. The topological polar surface area (TPSA) is 113 Å². The third kappa shape index (κ3) is 2.99. The maximum atomic E-state index is 12.6. The van der Waals surface area contributed by atoms with Crippen molar-refractivity contribution >= 4 is 15.7 Å². The van der Waals surface area contributed by atoms with Gasteiger partial charge < -0.3 is 10.4 Å². The van der Waals surface area contributed by atoms with E-state index in [-0.39, 0.29) is 10.9 Å². The Morgan fingerprint density at radius 2 is 2.14 bits per heavy atom. The van der Waals surface area contributed by atoms with Crippen LogP contribution in [0.1, 0.15) is 13.3 Å². The fourth-order valence-corrected chi connectivity index (χ4v) is 3.88. The largest absolute Gasteiger partial charge is 0.502 e. The maximum Gasteiger partial charge on any atom is 0.312 e. The number of sulfonamides is 1. The van der Waals surface area contributed by atoms with Crippen molar-refractivity contribution in [3.63, 3.8) is 0 Å². The van der Waals surface area contributed by atoms with Gasteiger partial charge in [-0.25, -0.2) is 8.42 Å². The third-order valence-electron chi connectivity index (χ3n) is 3.36. The standard InChI is InChI=1S/C12H17N3O5S/c1-2-5-14(9-7-13-8-9)21(19,20)10-3-4-12(16)11(6-10)15(17)18/h3-4,6,9,13,16H,2,5,7-8H2,1H3. The van der Waals surface area contributed by atoms with Crippen LogP contribution >= 0.6 is 0 Å². The average molecular weight is 315 g/mol. The van der Waals surface area contributed by atoms with Crippen molar-refractivity contribution in [3.05, 3.63) is 28.3 Å². The SMILES string of the molecule is CCCN(C1CNC1)S(=O)(=O)c1ccc(O)c([N+](=O)[O-])c1. The molecule has 116 valence electrons. The molecule has 1 heterocycles. The zero-order chi connectivity index (χ0) is 15.6. The molecule has 1 fully saturated rings. The first kappa shape index (κ1) is 15.7. The Kier molecular flexibility index (Phi) is 4.45. The van der Waals surface area contributed by atoms with Crippen LogP contribution in [0.4, 0.5) is 5.69 Å². The molecule has 1 aromatic rings. The van der Waals surface area contributed by atoms with Crippen LogP contribution in [0.5, 0.6) is 5.75 Å². The van der Waals surface area contributed by atoms with Gasteiger partial charge in [0.1, 0.15) is 0 Å². The van der Waals surface area contributed by atoms with E-state index in [2.05, 4.69) is 5.32 Å². The minimum absolute atomic E-state index is 0.136. The van der Waals surface area contributed by atoms with Crippen LogP contribution in [-0.4, -0.2) is 48.4 Å². The van der Waals surface area contributed by atoms with E-state index in [4.69, 9.17) is 0 Å². The van der Waals surface area contributed by atoms with Gasteiger partial charge in [-0.15, -0.1) is 0 Å². The molecule has 8 nitrogen and oxygen atoms in total. The summed E-state index contributed by atoms with van der Waals surface area (Å²) in [7, 11) is -3.82. The summed E-state index contributed by atoms with van der Waals surface area (Å²) < 4.78 is 26.6. The molecule has 1 aliphatic rings. The molecule has 0 spiro atoms. The summed E-state index contributed by atoms with van der Waals surface area (Å²) >= 11 is 0. The van der Waals surface area contributed by atoms with Crippen LogP contribution in [0.3, 0.4) is 0 Å². The van der Waals surface area contributed by atoms with Gasteiger partial charge in [-0.3, -0.25) is 10.1 Å². The van der Waals surface area contributed by atoms with Gasteiger partial charge in [0.15, 0.2) is 5.75 Å². The predicted molar refractivity (Wildman–Crippen MR) is 75.6 cm³/mol. The second-order valence-corrected chi connectivity index (χ2v) is 6.73. The summed E-state index contributed by atoms with van der Waals surface area (Å²) in [6, 6.07) is 2.99. The van der Waals surface area contributed by atoms with Crippen LogP contribution in [0.25, 0.3) is 0 Å². The van der Waals surface area contributed by atoms with Crippen LogP contribution < -0.4 is 5.32 Å². The van der Waals surface area contributed by atoms with Gasteiger partial charge in [0.2, 0.25) is 10.0 Å². The Hall–Kier alpha value is -1.71. The molecule has 0 amide bonds. The fraction of sp³-hybridized carbons (Fsp3) is 0.500. The lowest BCUT2D eigenvalue weighted by Crippen LogP contribution is -2.58. The molecular formula is C12H17N3O5S. The van der Waals surface area contributed by atoms with E-state index in [0.717, 1.165) is 12.1 Å². The van der Waals surface area contributed by atoms with Crippen molar-refractivity contribution in [3.8, 4) is 5.75 Å². The highest BCUT2D eigenvalue weighted by Gasteiger charge is 2.35. The number of phenols is 1. The molecule has 0 aromatic heterocycles. The Labute approximate surface area is 122 Å².